The zero-order valence-corrected chi connectivity index (χ0v) is 6.55. The van der Waals surface area contributed by atoms with Crippen molar-refractivity contribution in [3.05, 3.63) is 32.2 Å². The van der Waals surface area contributed by atoms with Gasteiger partial charge in [0.25, 0.3) is 0 Å². The molecule has 0 aliphatic carbocycles. The molecule has 1 aromatic rings. The van der Waals surface area contributed by atoms with Crippen molar-refractivity contribution in [1.29, 1.82) is 0 Å². The third kappa shape index (κ3) is 1.40. The molecule has 0 unspecified atom stereocenters. The number of aromatic carboxylic acids is 1. The molecule has 0 aliphatic heterocycles. The van der Waals surface area contributed by atoms with E-state index >= 15 is 0 Å². The molecule has 8 nitrogen and oxygen atoms in total. The molecule has 0 spiro atoms. The molecule has 3 N–H and O–H groups in total. The maximum Gasteiger partial charge on any atom is 0.375 e. The van der Waals surface area contributed by atoms with Crippen LogP contribution in [0.1, 0.15) is 10.4 Å². The summed E-state index contributed by atoms with van der Waals surface area (Å²) in [6, 6.07) is 0. The Kier molecular flexibility index (Phi) is 2.19. The van der Waals surface area contributed by atoms with Crippen molar-refractivity contribution in [2.24, 2.45) is 0 Å². The SMILES string of the molecule is O=C(O)c1c[nH]c(=O)c([N+](=O)[O-])c1O. The number of nitro groups is 1. The van der Waals surface area contributed by atoms with E-state index in [4.69, 9.17) is 10.2 Å². The van der Waals surface area contributed by atoms with Gasteiger partial charge < -0.3 is 15.2 Å². The summed E-state index contributed by atoms with van der Waals surface area (Å²) in [4.78, 5) is 32.1. The molecule has 1 rings (SSSR count). The zero-order valence-electron chi connectivity index (χ0n) is 6.55. The van der Waals surface area contributed by atoms with Crippen LogP contribution in [0.5, 0.6) is 5.75 Å². The van der Waals surface area contributed by atoms with Crippen LogP contribution < -0.4 is 5.56 Å². The molecule has 0 amide bonds. The monoisotopic (exact) mass is 200 g/mol. The molecule has 8 heteroatoms. The van der Waals surface area contributed by atoms with E-state index in [0.717, 1.165) is 0 Å². The fourth-order valence-electron chi connectivity index (χ4n) is 0.842. The van der Waals surface area contributed by atoms with Crippen LogP contribution in [-0.2, 0) is 0 Å². The fourth-order valence-corrected chi connectivity index (χ4v) is 0.842. The number of carboxylic acids is 1. The van der Waals surface area contributed by atoms with Gasteiger partial charge in [-0.3, -0.25) is 14.9 Å². The second-order valence-corrected chi connectivity index (χ2v) is 2.29. The highest BCUT2D eigenvalue weighted by Gasteiger charge is 2.25. The number of carboxylic acid groups (broad SMARTS) is 1. The number of H-pyrrole nitrogens is 1. The van der Waals surface area contributed by atoms with E-state index in [1.165, 1.54) is 0 Å². The molecule has 14 heavy (non-hydrogen) atoms. The van der Waals surface area contributed by atoms with Crippen molar-refractivity contribution in [2.45, 2.75) is 0 Å². The second kappa shape index (κ2) is 3.17. The third-order valence-electron chi connectivity index (χ3n) is 1.46. The third-order valence-corrected chi connectivity index (χ3v) is 1.46. The highest BCUT2D eigenvalue weighted by molar-refractivity contribution is 5.91. The van der Waals surface area contributed by atoms with E-state index in [1.54, 1.807) is 0 Å². The van der Waals surface area contributed by atoms with Crippen molar-refractivity contribution >= 4 is 11.7 Å². The van der Waals surface area contributed by atoms with E-state index in [1.807, 2.05) is 4.98 Å². The first kappa shape index (κ1) is 9.71. The van der Waals surface area contributed by atoms with Gasteiger partial charge in [-0.2, -0.15) is 0 Å². The Labute approximate surface area is 75.6 Å². The Morgan fingerprint density at radius 3 is 2.57 bits per heavy atom. The van der Waals surface area contributed by atoms with Gasteiger partial charge in [0, 0.05) is 6.20 Å². The van der Waals surface area contributed by atoms with Crippen LogP contribution in [0.2, 0.25) is 0 Å². The Bertz CT molecular complexity index is 462. The molecule has 0 saturated carbocycles. The molecule has 1 aromatic heterocycles. The lowest BCUT2D eigenvalue weighted by molar-refractivity contribution is -0.387. The van der Waals surface area contributed by atoms with Crippen LogP contribution >= 0.6 is 0 Å². The Morgan fingerprint density at radius 1 is 1.57 bits per heavy atom. The van der Waals surface area contributed by atoms with Crippen molar-refractivity contribution in [2.75, 3.05) is 0 Å². The molecule has 0 fully saturated rings. The van der Waals surface area contributed by atoms with Crippen molar-refractivity contribution < 1.29 is 19.9 Å². The highest BCUT2D eigenvalue weighted by Crippen LogP contribution is 2.24. The minimum absolute atomic E-state index is 0.687. The maximum absolute atomic E-state index is 10.8. The molecule has 0 aliphatic rings. The molecular weight excluding hydrogens is 196 g/mol. The van der Waals surface area contributed by atoms with Crippen LogP contribution in [0.3, 0.4) is 0 Å². The van der Waals surface area contributed by atoms with E-state index in [2.05, 4.69) is 0 Å². The molecule has 0 radical (unpaired) electrons. The summed E-state index contributed by atoms with van der Waals surface area (Å²) >= 11 is 0. The molecule has 74 valence electrons. The molecular formula is C6H4N2O6. The summed E-state index contributed by atoms with van der Waals surface area (Å²) in [6.07, 6.45) is 0.687. The number of pyridine rings is 1. The number of aromatic amines is 1. The normalized spacial score (nSPS) is 9.71. The van der Waals surface area contributed by atoms with Gasteiger partial charge in [-0.15, -0.1) is 0 Å². The Balaban J connectivity index is 3.57. The first-order valence-electron chi connectivity index (χ1n) is 3.27. The first-order valence-corrected chi connectivity index (χ1v) is 3.27. The van der Waals surface area contributed by atoms with Gasteiger partial charge in [-0.25, -0.2) is 4.79 Å². The quantitative estimate of drug-likeness (QED) is 0.442. The number of rotatable bonds is 2. The fraction of sp³-hybridized carbons (Fsp3) is 0. The number of carbonyl (C=O) groups is 1. The minimum Gasteiger partial charge on any atom is -0.501 e. The predicted octanol–water partition coefficient (Wildman–Crippen LogP) is -0.313. The number of aromatic hydroxyl groups is 1. The van der Waals surface area contributed by atoms with E-state index < -0.39 is 33.5 Å². The van der Waals surface area contributed by atoms with Gasteiger partial charge in [-0.05, 0) is 0 Å². The van der Waals surface area contributed by atoms with Crippen LogP contribution in [0.25, 0.3) is 0 Å². The molecule has 1 heterocycles. The van der Waals surface area contributed by atoms with Gasteiger partial charge in [-0.1, -0.05) is 0 Å². The molecule has 0 bridgehead atoms. The summed E-state index contributed by atoms with van der Waals surface area (Å²) < 4.78 is 0. The molecule has 0 saturated heterocycles. The zero-order chi connectivity index (χ0) is 10.9. The van der Waals surface area contributed by atoms with Gasteiger partial charge in [0.2, 0.25) is 5.75 Å². The number of hydrogen-bond donors (Lipinski definition) is 3. The molecule has 0 aromatic carbocycles. The van der Waals surface area contributed by atoms with E-state index in [0.29, 0.717) is 6.20 Å². The summed E-state index contributed by atoms with van der Waals surface area (Å²) in [6.45, 7) is 0. The van der Waals surface area contributed by atoms with E-state index in [9.17, 15) is 19.7 Å². The second-order valence-electron chi connectivity index (χ2n) is 2.29. The summed E-state index contributed by atoms with van der Waals surface area (Å²) in [5, 5.41) is 27.8. The number of hydrogen-bond acceptors (Lipinski definition) is 5. The van der Waals surface area contributed by atoms with Crippen molar-refractivity contribution in [3.8, 4) is 5.75 Å². The Hall–Kier alpha value is -2.38. The topological polar surface area (TPSA) is 134 Å². The van der Waals surface area contributed by atoms with Crippen molar-refractivity contribution in [3.63, 3.8) is 0 Å². The first-order chi connectivity index (χ1) is 6.45. The van der Waals surface area contributed by atoms with Crippen LogP contribution in [0, 0.1) is 10.1 Å². The van der Waals surface area contributed by atoms with Crippen LogP contribution in [0.15, 0.2) is 11.0 Å². The molecule has 0 atom stereocenters. The maximum atomic E-state index is 10.8. The average molecular weight is 200 g/mol. The van der Waals surface area contributed by atoms with Gasteiger partial charge in [0.1, 0.15) is 5.56 Å². The Morgan fingerprint density at radius 2 is 2.14 bits per heavy atom. The van der Waals surface area contributed by atoms with Crippen LogP contribution in [0.4, 0.5) is 5.69 Å². The van der Waals surface area contributed by atoms with Crippen LogP contribution in [-0.4, -0.2) is 26.1 Å². The average Bonchev–Trinajstić information content (AvgIpc) is 2.02. The number of nitrogens with zero attached hydrogens (tertiary/aromatic N) is 1. The number of aromatic nitrogens is 1. The lowest BCUT2D eigenvalue weighted by Crippen LogP contribution is -2.14. The highest BCUT2D eigenvalue weighted by atomic mass is 16.6. The van der Waals surface area contributed by atoms with Gasteiger partial charge >= 0.3 is 17.2 Å². The number of nitrogens with one attached hydrogen (secondary N) is 1. The smallest absolute Gasteiger partial charge is 0.375 e. The standard InChI is InChI=1S/C6H4N2O6/c9-4-2(6(11)12)1-7-5(10)3(4)8(13)14/h1H,(H,11,12)(H2,7,9,10). The lowest BCUT2D eigenvalue weighted by atomic mass is 10.2. The van der Waals surface area contributed by atoms with Crippen molar-refractivity contribution in [1.82, 2.24) is 4.98 Å². The lowest BCUT2D eigenvalue weighted by Gasteiger charge is -1.98. The van der Waals surface area contributed by atoms with Gasteiger partial charge in [0.15, 0.2) is 0 Å². The minimum atomic E-state index is -1.57. The summed E-state index contributed by atoms with van der Waals surface area (Å²) in [5.74, 6) is -2.71. The largest absolute Gasteiger partial charge is 0.501 e. The van der Waals surface area contributed by atoms with Gasteiger partial charge in [0.05, 0.1) is 4.92 Å². The van der Waals surface area contributed by atoms with E-state index in [-0.39, 0.29) is 0 Å². The summed E-state index contributed by atoms with van der Waals surface area (Å²) in [7, 11) is 0. The predicted molar refractivity (Wildman–Crippen MR) is 42.3 cm³/mol. The summed E-state index contributed by atoms with van der Waals surface area (Å²) in [5.41, 5.74) is -3.06.